The Bertz CT molecular complexity index is 1030. The van der Waals surface area contributed by atoms with E-state index < -0.39 is 9.84 Å². The molecule has 0 spiro atoms. The van der Waals surface area contributed by atoms with E-state index >= 15 is 0 Å². The monoisotopic (exact) mass is 542 g/mol. The van der Waals surface area contributed by atoms with E-state index in [0.29, 0.717) is 28.1 Å². The summed E-state index contributed by atoms with van der Waals surface area (Å²) in [4.78, 5) is 0.497. The topological polar surface area (TPSA) is 54.4 Å². The zero-order chi connectivity index (χ0) is 27.5. The van der Waals surface area contributed by atoms with E-state index in [0.717, 1.165) is 56.3 Å². The molecule has 0 radical (unpaired) electrons. The molecule has 1 aromatic rings. The summed E-state index contributed by atoms with van der Waals surface area (Å²) < 4.78 is 27.3. The first-order chi connectivity index (χ1) is 18.2. The molecule has 8 atom stereocenters. The summed E-state index contributed by atoms with van der Waals surface area (Å²) in [5.41, 5.74) is 1.92. The van der Waals surface area contributed by atoms with E-state index in [1.54, 1.807) is 17.7 Å². The molecule has 3 nitrogen and oxygen atoms in total. The average molecular weight is 543 g/mol. The number of fused-ring (bicyclic) bond motifs is 5. The van der Waals surface area contributed by atoms with Gasteiger partial charge in [0.25, 0.3) is 0 Å². The Hall–Kier alpha value is -1.13. The van der Waals surface area contributed by atoms with Gasteiger partial charge >= 0.3 is 0 Å². The molecule has 1 aromatic carbocycles. The van der Waals surface area contributed by atoms with Gasteiger partial charge in [0.05, 0.1) is 16.2 Å². The quantitative estimate of drug-likeness (QED) is 0.335. The van der Waals surface area contributed by atoms with E-state index in [2.05, 4.69) is 26.8 Å². The van der Waals surface area contributed by atoms with Crippen LogP contribution in [0, 0.1) is 40.9 Å². The van der Waals surface area contributed by atoms with Crippen LogP contribution >= 0.6 is 0 Å². The van der Waals surface area contributed by atoms with E-state index in [4.69, 9.17) is 0 Å². The second-order valence-electron chi connectivity index (χ2n) is 13.3. The molecule has 1 N–H and O–H groups in total. The smallest absolute Gasteiger partial charge is 0.181 e. The van der Waals surface area contributed by atoms with Gasteiger partial charge in [-0.15, -0.1) is 0 Å². The minimum absolute atomic E-state index is 0.121. The predicted octanol–water partition coefficient (Wildman–Crippen LogP) is 8.62. The molecule has 214 valence electrons. The van der Waals surface area contributed by atoms with Gasteiger partial charge in [-0.2, -0.15) is 0 Å². The van der Waals surface area contributed by atoms with Crippen molar-refractivity contribution < 1.29 is 13.5 Å². The summed E-state index contributed by atoms with van der Waals surface area (Å²) in [5, 5.41) is 9.92. The van der Waals surface area contributed by atoms with Crippen molar-refractivity contribution in [3.8, 4) is 0 Å². The Morgan fingerprint density at radius 1 is 0.947 bits per heavy atom. The van der Waals surface area contributed by atoms with Crippen LogP contribution in [0.15, 0.2) is 46.9 Å². The molecule has 3 saturated carbocycles. The normalized spacial score (nSPS) is 35.3. The Labute approximate surface area is 233 Å². The summed E-state index contributed by atoms with van der Waals surface area (Å²) in [5.74, 6) is 4.27. The van der Waals surface area contributed by atoms with Crippen molar-refractivity contribution in [1.82, 2.24) is 0 Å². The van der Waals surface area contributed by atoms with Crippen molar-refractivity contribution in [2.45, 2.75) is 128 Å². The maximum atomic E-state index is 13.6. The van der Waals surface area contributed by atoms with Crippen molar-refractivity contribution >= 4 is 9.84 Å². The van der Waals surface area contributed by atoms with E-state index in [1.807, 2.05) is 32.0 Å². The van der Waals surface area contributed by atoms with Crippen LogP contribution in [0.2, 0.25) is 0 Å². The van der Waals surface area contributed by atoms with E-state index in [1.165, 1.54) is 38.5 Å². The van der Waals surface area contributed by atoms with Crippen LogP contribution in [-0.2, 0) is 9.84 Å². The number of benzene rings is 1. The number of hydrogen-bond donors (Lipinski definition) is 1. The molecular formula is C34H54O3S. The molecule has 4 aliphatic carbocycles. The van der Waals surface area contributed by atoms with Gasteiger partial charge in [0.2, 0.25) is 0 Å². The van der Waals surface area contributed by atoms with Crippen molar-refractivity contribution in [1.29, 1.82) is 0 Å². The Balaban J connectivity index is 0.00000164. The SMILES string of the molecule is CC.CC(C)CCC(CCC1CCC2C3CC=C4CC(O)CCC4C3CCC12C)S(=O)(=O)c1ccccc1. The van der Waals surface area contributed by atoms with Gasteiger partial charge in [-0.3, -0.25) is 0 Å². The summed E-state index contributed by atoms with van der Waals surface area (Å²) in [6.45, 7) is 11.0. The van der Waals surface area contributed by atoms with Crippen molar-refractivity contribution in [2.75, 3.05) is 0 Å². The Morgan fingerprint density at radius 3 is 2.39 bits per heavy atom. The number of allylic oxidation sites excluding steroid dienone is 1. The third-order valence-electron chi connectivity index (χ3n) is 11.0. The minimum atomic E-state index is -3.30. The lowest BCUT2D eigenvalue weighted by atomic mass is 9.51. The Morgan fingerprint density at radius 2 is 1.68 bits per heavy atom. The first kappa shape index (κ1) is 29.8. The van der Waals surface area contributed by atoms with Gasteiger partial charge in [-0.25, -0.2) is 8.42 Å². The lowest BCUT2D eigenvalue weighted by Gasteiger charge is -2.54. The molecule has 0 aromatic heterocycles. The van der Waals surface area contributed by atoms with Crippen LogP contribution in [0.5, 0.6) is 0 Å². The molecule has 0 heterocycles. The number of rotatable bonds is 8. The molecule has 5 rings (SSSR count). The number of aliphatic hydroxyl groups excluding tert-OH is 1. The fraction of sp³-hybridized carbons (Fsp3) is 0.765. The molecule has 38 heavy (non-hydrogen) atoms. The zero-order valence-corrected chi connectivity index (χ0v) is 25.6. The maximum absolute atomic E-state index is 13.6. The number of hydrogen-bond acceptors (Lipinski definition) is 3. The molecule has 0 bridgehead atoms. The minimum Gasteiger partial charge on any atom is -0.393 e. The second kappa shape index (κ2) is 12.6. The highest BCUT2D eigenvalue weighted by Gasteiger charge is 2.55. The molecule has 0 aliphatic heterocycles. The lowest BCUT2D eigenvalue weighted by molar-refractivity contribution is -0.0199. The number of aliphatic hydroxyl groups is 1. The molecule has 3 fully saturated rings. The fourth-order valence-corrected chi connectivity index (χ4v) is 10.8. The van der Waals surface area contributed by atoms with E-state index in [9.17, 15) is 13.5 Å². The molecule has 4 heteroatoms. The maximum Gasteiger partial charge on any atom is 0.181 e. The van der Waals surface area contributed by atoms with Crippen LogP contribution in [0.4, 0.5) is 0 Å². The third kappa shape index (κ3) is 5.97. The van der Waals surface area contributed by atoms with Crippen molar-refractivity contribution in [2.24, 2.45) is 40.9 Å². The summed E-state index contributed by atoms with van der Waals surface area (Å²) in [6, 6.07) is 9.16. The highest BCUT2D eigenvalue weighted by atomic mass is 32.2. The van der Waals surface area contributed by atoms with Gasteiger partial charge in [-0.05, 0) is 130 Å². The highest BCUT2D eigenvalue weighted by molar-refractivity contribution is 7.92. The zero-order valence-electron chi connectivity index (χ0n) is 24.7. The molecule has 0 amide bonds. The summed E-state index contributed by atoms with van der Waals surface area (Å²) in [7, 11) is -3.30. The second-order valence-corrected chi connectivity index (χ2v) is 15.6. The molecular weight excluding hydrogens is 488 g/mol. The first-order valence-electron chi connectivity index (χ1n) is 15.9. The van der Waals surface area contributed by atoms with Crippen LogP contribution in [0.1, 0.15) is 112 Å². The summed E-state index contributed by atoms with van der Waals surface area (Å²) >= 11 is 0. The summed E-state index contributed by atoms with van der Waals surface area (Å²) in [6.07, 6.45) is 15.5. The van der Waals surface area contributed by atoms with Crippen LogP contribution in [0.25, 0.3) is 0 Å². The number of sulfone groups is 1. The molecule has 4 aliphatic rings. The van der Waals surface area contributed by atoms with Crippen molar-refractivity contribution in [3.63, 3.8) is 0 Å². The largest absolute Gasteiger partial charge is 0.393 e. The van der Waals surface area contributed by atoms with Crippen LogP contribution in [-0.4, -0.2) is 24.9 Å². The molecule has 0 saturated heterocycles. The van der Waals surface area contributed by atoms with Gasteiger partial charge in [0.1, 0.15) is 0 Å². The first-order valence-corrected chi connectivity index (χ1v) is 17.4. The molecule has 8 unspecified atom stereocenters. The predicted molar refractivity (Wildman–Crippen MR) is 159 cm³/mol. The third-order valence-corrected chi connectivity index (χ3v) is 13.3. The van der Waals surface area contributed by atoms with Gasteiger partial charge in [-0.1, -0.05) is 64.5 Å². The Kier molecular flexibility index (Phi) is 9.88. The standard InChI is InChI=1S/C32H48O3S.C2H6/c1-22(2)9-14-27(36(34,35)26-7-5-4-6-8-26)15-11-24-12-18-31-30-16-10-23-21-25(33)13-17-28(23)29(30)19-20-32(24,31)3;1-2/h4-8,10,22,24-25,27-31,33H,9,11-21H2,1-3H3;1-2H3. The fourth-order valence-electron chi connectivity index (χ4n) is 9.00. The van der Waals surface area contributed by atoms with Crippen LogP contribution < -0.4 is 0 Å². The lowest BCUT2D eigenvalue weighted by Crippen LogP contribution is -2.46. The average Bonchev–Trinajstić information content (AvgIpc) is 3.26. The highest BCUT2D eigenvalue weighted by Crippen LogP contribution is 2.64. The van der Waals surface area contributed by atoms with E-state index in [-0.39, 0.29) is 11.4 Å². The van der Waals surface area contributed by atoms with Gasteiger partial charge in [0, 0.05) is 0 Å². The van der Waals surface area contributed by atoms with Gasteiger partial charge < -0.3 is 5.11 Å². The van der Waals surface area contributed by atoms with Gasteiger partial charge in [0.15, 0.2) is 9.84 Å². The van der Waals surface area contributed by atoms with Crippen molar-refractivity contribution in [3.05, 3.63) is 42.0 Å². The van der Waals surface area contributed by atoms with Crippen LogP contribution in [0.3, 0.4) is 0 Å².